The second-order valence-corrected chi connectivity index (χ2v) is 7.63. The van der Waals surface area contributed by atoms with Crippen molar-refractivity contribution in [3.05, 3.63) is 60.2 Å². The fourth-order valence-corrected chi connectivity index (χ4v) is 3.76. The molecule has 29 heavy (non-hydrogen) atoms. The van der Waals surface area contributed by atoms with E-state index in [0.717, 1.165) is 44.9 Å². The van der Waals surface area contributed by atoms with Gasteiger partial charge in [-0.05, 0) is 31.0 Å². The van der Waals surface area contributed by atoms with E-state index in [0.29, 0.717) is 6.61 Å². The lowest BCUT2D eigenvalue weighted by Gasteiger charge is -2.34. The minimum atomic E-state index is -0.420. The first-order chi connectivity index (χ1) is 13.6. The Labute approximate surface area is 180 Å². The van der Waals surface area contributed by atoms with E-state index in [1.807, 2.05) is 30.3 Å². The van der Waals surface area contributed by atoms with Gasteiger partial charge in [0.05, 0.1) is 46.0 Å². The van der Waals surface area contributed by atoms with Crippen molar-refractivity contribution < 1.29 is 31.9 Å². The molecule has 0 radical (unpaired) electrons. The van der Waals surface area contributed by atoms with Gasteiger partial charge in [-0.1, -0.05) is 36.4 Å². The topological polar surface area (TPSA) is 46.4 Å². The van der Waals surface area contributed by atoms with Crippen LogP contribution in [0.4, 0.5) is 5.69 Å². The summed E-state index contributed by atoms with van der Waals surface area (Å²) < 4.78 is 11.2. The maximum atomic E-state index is 10.4. The standard InChI is InChI=1S/C23H32N2O3.ClH/c1-19(15-20-7-4-3-5-8-20)28-18-22(26)17-24-11-13-25(14-12-24)21-9-6-10-23(16-21)27-2;/h3-10,16,19,22,26H,11-15,17-18H2,1-2H3;1H. The lowest BCUT2D eigenvalue weighted by Crippen LogP contribution is -3.16. The molecule has 0 aromatic heterocycles. The summed E-state index contributed by atoms with van der Waals surface area (Å²) in [5, 5.41) is 10.4. The van der Waals surface area contributed by atoms with Gasteiger partial charge < -0.3 is 36.8 Å². The summed E-state index contributed by atoms with van der Waals surface area (Å²) in [5.74, 6) is 0.893. The van der Waals surface area contributed by atoms with Gasteiger partial charge in [0.2, 0.25) is 0 Å². The van der Waals surface area contributed by atoms with Crippen LogP contribution >= 0.6 is 0 Å². The summed E-state index contributed by atoms with van der Waals surface area (Å²) in [6, 6.07) is 18.6. The van der Waals surface area contributed by atoms with Gasteiger partial charge in [-0.3, -0.25) is 0 Å². The van der Waals surface area contributed by atoms with Gasteiger partial charge in [0.15, 0.2) is 0 Å². The fourth-order valence-electron chi connectivity index (χ4n) is 3.76. The largest absolute Gasteiger partial charge is 1.00 e. The van der Waals surface area contributed by atoms with E-state index in [-0.39, 0.29) is 18.5 Å². The van der Waals surface area contributed by atoms with Crippen LogP contribution in [0.1, 0.15) is 12.5 Å². The number of quaternary nitrogens is 1. The molecule has 160 valence electrons. The van der Waals surface area contributed by atoms with E-state index in [1.165, 1.54) is 16.2 Å². The average molecular weight is 421 g/mol. The molecule has 1 aliphatic rings. The molecule has 0 aliphatic carbocycles. The lowest BCUT2D eigenvalue weighted by atomic mass is 10.1. The second-order valence-electron chi connectivity index (χ2n) is 7.63. The number of piperazine rings is 1. The average Bonchev–Trinajstić information content (AvgIpc) is 2.73. The van der Waals surface area contributed by atoms with Crippen LogP contribution in [0, 0.1) is 0 Å². The number of aliphatic hydroxyl groups excluding tert-OH is 1. The Kier molecular flexibility index (Phi) is 9.74. The molecule has 1 fully saturated rings. The Hall–Kier alpha value is -1.79. The maximum absolute atomic E-state index is 10.4. The highest BCUT2D eigenvalue weighted by Gasteiger charge is 2.23. The molecule has 0 saturated carbocycles. The predicted octanol–water partition coefficient (Wildman–Crippen LogP) is -1.59. The van der Waals surface area contributed by atoms with Crippen molar-refractivity contribution in [3.63, 3.8) is 0 Å². The monoisotopic (exact) mass is 420 g/mol. The predicted molar refractivity (Wildman–Crippen MR) is 112 cm³/mol. The van der Waals surface area contributed by atoms with Gasteiger partial charge in [-0.15, -0.1) is 0 Å². The van der Waals surface area contributed by atoms with Gasteiger partial charge in [0.25, 0.3) is 0 Å². The Balaban J connectivity index is 0.00000300. The van der Waals surface area contributed by atoms with E-state index in [1.54, 1.807) is 7.11 Å². The van der Waals surface area contributed by atoms with E-state index in [4.69, 9.17) is 9.47 Å². The van der Waals surface area contributed by atoms with Crippen molar-refractivity contribution in [1.82, 2.24) is 0 Å². The van der Waals surface area contributed by atoms with E-state index < -0.39 is 6.10 Å². The van der Waals surface area contributed by atoms with Gasteiger partial charge in [-0.2, -0.15) is 0 Å². The summed E-state index contributed by atoms with van der Waals surface area (Å²) in [4.78, 5) is 3.82. The molecule has 2 unspecified atom stereocenters. The molecule has 1 aliphatic heterocycles. The molecule has 2 aromatic carbocycles. The molecule has 3 rings (SSSR count). The second kappa shape index (κ2) is 12.0. The highest BCUT2D eigenvalue weighted by Crippen LogP contribution is 2.20. The first-order valence-electron chi connectivity index (χ1n) is 10.2. The van der Waals surface area contributed by atoms with Gasteiger partial charge >= 0.3 is 0 Å². The number of aliphatic hydroxyl groups is 1. The minimum Gasteiger partial charge on any atom is -1.00 e. The minimum absolute atomic E-state index is 0. The van der Waals surface area contributed by atoms with Crippen molar-refractivity contribution in [3.8, 4) is 5.75 Å². The van der Waals surface area contributed by atoms with Gasteiger partial charge in [0, 0.05) is 11.8 Å². The molecular weight excluding hydrogens is 388 g/mol. The van der Waals surface area contributed by atoms with Crippen LogP contribution < -0.4 is 26.9 Å². The number of methoxy groups -OCH3 is 1. The Morgan fingerprint density at radius 2 is 1.79 bits per heavy atom. The summed E-state index contributed by atoms with van der Waals surface area (Å²) in [6.07, 6.45) is 0.563. The first-order valence-corrected chi connectivity index (χ1v) is 10.2. The van der Waals surface area contributed by atoms with Crippen molar-refractivity contribution in [2.75, 3.05) is 51.3 Å². The maximum Gasteiger partial charge on any atom is 0.126 e. The Bertz CT molecular complexity index is 708. The van der Waals surface area contributed by atoms with Crippen molar-refractivity contribution in [2.24, 2.45) is 0 Å². The van der Waals surface area contributed by atoms with Crippen molar-refractivity contribution >= 4 is 5.69 Å². The van der Waals surface area contributed by atoms with Crippen LogP contribution in [-0.4, -0.2) is 63.8 Å². The highest BCUT2D eigenvalue weighted by atomic mass is 35.5. The molecule has 1 heterocycles. The highest BCUT2D eigenvalue weighted by molar-refractivity contribution is 5.50. The van der Waals surface area contributed by atoms with E-state index in [2.05, 4.69) is 36.1 Å². The van der Waals surface area contributed by atoms with Crippen LogP contribution in [0.25, 0.3) is 0 Å². The number of nitrogens with zero attached hydrogens (tertiary/aromatic N) is 1. The summed E-state index contributed by atoms with van der Waals surface area (Å²) in [5.41, 5.74) is 2.47. The molecule has 0 spiro atoms. The number of rotatable bonds is 9. The smallest absolute Gasteiger partial charge is 0.126 e. The molecule has 2 aromatic rings. The molecule has 1 saturated heterocycles. The molecular formula is C23H33ClN2O3. The summed E-state index contributed by atoms with van der Waals surface area (Å²) >= 11 is 0. The number of hydrogen-bond donors (Lipinski definition) is 2. The third-order valence-corrected chi connectivity index (χ3v) is 5.35. The summed E-state index contributed by atoms with van der Waals surface area (Å²) in [6.45, 7) is 7.23. The van der Waals surface area contributed by atoms with Gasteiger partial charge in [-0.25, -0.2) is 0 Å². The SMILES string of the molecule is COc1cccc(N2CC[NH+](CC(O)COC(C)Cc3ccccc3)CC2)c1.[Cl-]. The van der Waals surface area contributed by atoms with Crippen LogP contribution in [0.15, 0.2) is 54.6 Å². The normalized spacial score (nSPS) is 16.7. The third kappa shape index (κ3) is 7.52. The van der Waals surface area contributed by atoms with Crippen LogP contribution in [0.3, 0.4) is 0 Å². The number of benzene rings is 2. The summed E-state index contributed by atoms with van der Waals surface area (Å²) in [7, 11) is 1.70. The molecule has 6 heteroatoms. The molecule has 0 bridgehead atoms. The molecule has 2 N–H and O–H groups in total. The number of nitrogens with one attached hydrogen (secondary N) is 1. The molecule has 0 amide bonds. The number of ether oxygens (including phenoxy) is 2. The third-order valence-electron chi connectivity index (χ3n) is 5.35. The molecule has 2 atom stereocenters. The fraction of sp³-hybridized carbons (Fsp3) is 0.478. The Morgan fingerprint density at radius 1 is 1.07 bits per heavy atom. The van der Waals surface area contributed by atoms with Crippen LogP contribution in [0.2, 0.25) is 0 Å². The van der Waals surface area contributed by atoms with E-state index in [9.17, 15) is 5.11 Å². The molecule has 5 nitrogen and oxygen atoms in total. The Morgan fingerprint density at radius 3 is 2.48 bits per heavy atom. The quantitative estimate of drug-likeness (QED) is 0.513. The zero-order valence-electron chi connectivity index (χ0n) is 17.4. The van der Waals surface area contributed by atoms with Crippen molar-refractivity contribution in [2.45, 2.75) is 25.6 Å². The van der Waals surface area contributed by atoms with Crippen LogP contribution in [0.5, 0.6) is 5.75 Å². The van der Waals surface area contributed by atoms with Gasteiger partial charge in [0.1, 0.15) is 18.4 Å². The number of anilines is 1. The zero-order chi connectivity index (χ0) is 19.8. The van der Waals surface area contributed by atoms with Crippen LogP contribution in [-0.2, 0) is 11.2 Å². The lowest BCUT2D eigenvalue weighted by molar-refractivity contribution is -0.903. The number of hydrogen-bond acceptors (Lipinski definition) is 4. The van der Waals surface area contributed by atoms with E-state index >= 15 is 0 Å². The van der Waals surface area contributed by atoms with Crippen molar-refractivity contribution in [1.29, 1.82) is 0 Å². The zero-order valence-corrected chi connectivity index (χ0v) is 18.1. The number of halogens is 1. The first kappa shape index (κ1) is 23.5.